The Morgan fingerprint density at radius 1 is 1.37 bits per heavy atom. The zero-order valence-corrected chi connectivity index (χ0v) is 11.3. The van der Waals surface area contributed by atoms with E-state index in [2.05, 4.69) is 19.8 Å². The molecule has 1 aromatic heterocycles. The molecule has 104 valence electrons. The van der Waals surface area contributed by atoms with Crippen LogP contribution in [0.15, 0.2) is 11.1 Å². The maximum Gasteiger partial charge on any atom is 0.295 e. The van der Waals surface area contributed by atoms with Crippen LogP contribution in [-0.4, -0.2) is 54.2 Å². The van der Waals surface area contributed by atoms with Crippen LogP contribution in [0.3, 0.4) is 0 Å². The number of ether oxygens (including phenoxy) is 1. The summed E-state index contributed by atoms with van der Waals surface area (Å²) in [7, 11) is 1.52. The van der Waals surface area contributed by atoms with Crippen molar-refractivity contribution < 1.29 is 4.74 Å². The van der Waals surface area contributed by atoms with E-state index in [4.69, 9.17) is 4.74 Å². The minimum absolute atomic E-state index is 0.211. The van der Waals surface area contributed by atoms with Gasteiger partial charge in [-0.2, -0.15) is 0 Å². The van der Waals surface area contributed by atoms with E-state index < -0.39 is 0 Å². The predicted molar refractivity (Wildman–Crippen MR) is 72.8 cm³/mol. The Bertz CT molecular complexity index is 496. The highest BCUT2D eigenvalue weighted by molar-refractivity contribution is 5.51. The van der Waals surface area contributed by atoms with Gasteiger partial charge in [-0.25, -0.2) is 4.98 Å². The fraction of sp³-hybridized carbons (Fsp3) is 0.692. The molecular weight excluding hydrogens is 244 g/mol. The number of nitrogens with zero attached hydrogens (tertiary/aromatic N) is 3. The third kappa shape index (κ3) is 2.32. The van der Waals surface area contributed by atoms with Gasteiger partial charge in [0.2, 0.25) is 5.75 Å². The number of nitrogens with one attached hydrogen (secondary N) is 1. The van der Waals surface area contributed by atoms with Crippen molar-refractivity contribution in [1.29, 1.82) is 0 Å². The van der Waals surface area contributed by atoms with E-state index in [1.807, 2.05) is 0 Å². The van der Waals surface area contributed by atoms with Crippen molar-refractivity contribution in [3.63, 3.8) is 0 Å². The topological polar surface area (TPSA) is 61.5 Å². The fourth-order valence-electron chi connectivity index (χ4n) is 3.13. The molecule has 2 fully saturated rings. The zero-order chi connectivity index (χ0) is 13.2. The van der Waals surface area contributed by atoms with Crippen molar-refractivity contribution in [2.75, 3.05) is 38.2 Å². The van der Waals surface area contributed by atoms with Gasteiger partial charge >= 0.3 is 0 Å². The largest absolute Gasteiger partial charge is 0.489 e. The average molecular weight is 264 g/mol. The second kappa shape index (κ2) is 5.21. The molecule has 2 aliphatic rings. The number of rotatable bonds is 3. The van der Waals surface area contributed by atoms with Gasteiger partial charge in [-0.3, -0.25) is 9.69 Å². The number of likely N-dealkylation sites (tertiary alicyclic amines) is 1. The van der Waals surface area contributed by atoms with Crippen molar-refractivity contribution in [1.82, 2.24) is 14.9 Å². The van der Waals surface area contributed by atoms with E-state index in [-0.39, 0.29) is 5.56 Å². The highest BCUT2D eigenvalue weighted by atomic mass is 16.5. The van der Waals surface area contributed by atoms with Gasteiger partial charge in [0.1, 0.15) is 0 Å². The SMILES string of the molecule is COc1c(N2CCC(N3CCCC3)C2)nc[nH]c1=O. The van der Waals surface area contributed by atoms with Gasteiger partial charge in [0.15, 0.2) is 5.82 Å². The fourth-order valence-corrected chi connectivity index (χ4v) is 3.13. The van der Waals surface area contributed by atoms with Crippen LogP contribution in [0.2, 0.25) is 0 Å². The quantitative estimate of drug-likeness (QED) is 0.859. The summed E-state index contributed by atoms with van der Waals surface area (Å²) in [5.74, 6) is 0.998. The number of hydrogen-bond donors (Lipinski definition) is 1. The van der Waals surface area contributed by atoms with E-state index >= 15 is 0 Å². The Kier molecular flexibility index (Phi) is 3.42. The van der Waals surface area contributed by atoms with Crippen LogP contribution >= 0.6 is 0 Å². The molecule has 1 N–H and O–H groups in total. The molecule has 2 aliphatic heterocycles. The minimum Gasteiger partial charge on any atom is -0.489 e. The monoisotopic (exact) mass is 264 g/mol. The molecule has 19 heavy (non-hydrogen) atoms. The Hall–Kier alpha value is -1.56. The highest BCUT2D eigenvalue weighted by Crippen LogP contribution is 2.27. The first-order valence-corrected chi connectivity index (χ1v) is 6.90. The average Bonchev–Trinajstić information content (AvgIpc) is 3.09. The lowest BCUT2D eigenvalue weighted by Crippen LogP contribution is -2.35. The van der Waals surface area contributed by atoms with Crippen LogP contribution in [0.1, 0.15) is 19.3 Å². The molecule has 0 amide bonds. The van der Waals surface area contributed by atoms with Crippen LogP contribution in [0.5, 0.6) is 5.75 Å². The first-order chi connectivity index (χ1) is 9.29. The van der Waals surface area contributed by atoms with Crippen LogP contribution < -0.4 is 15.2 Å². The van der Waals surface area contributed by atoms with Crippen LogP contribution in [0.4, 0.5) is 5.82 Å². The van der Waals surface area contributed by atoms with Gasteiger partial charge in [0, 0.05) is 19.1 Å². The molecule has 6 heteroatoms. The number of H-pyrrole nitrogens is 1. The standard InChI is InChI=1S/C13H20N4O2/c1-19-11-12(14-9-15-13(11)18)17-7-4-10(8-17)16-5-2-3-6-16/h9-10H,2-8H2,1H3,(H,14,15,18). The Morgan fingerprint density at radius 3 is 2.89 bits per heavy atom. The Morgan fingerprint density at radius 2 is 2.16 bits per heavy atom. The van der Waals surface area contributed by atoms with E-state index in [9.17, 15) is 4.79 Å². The third-order valence-electron chi connectivity index (χ3n) is 4.12. The van der Waals surface area contributed by atoms with Crippen molar-refractivity contribution >= 4 is 5.82 Å². The summed E-state index contributed by atoms with van der Waals surface area (Å²) < 4.78 is 5.19. The summed E-state index contributed by atoms with van der Waals surface area (Å²) >= 11 is 0. The van der Waals surface area contributed by atoms with E-state index in [0.717, 1.165) is 19.5 Å². The molecule has 1 aromatic rings. The number of hydrogen-bond acceptors (Lipinski definition) is 5. The van der Waals surface area contributed by atoms with Crippen molar-refractivity contribution in [2.24, 2.45) is 0 Å². The molecule has 3 rings (SSSR count). The first-order valence-electron chi connectivity index (χ1n) is 6.90. The summed E-state index contributed by atoms with van der Waals surface area (Å²) in [4.78, 5) is 23.3. The van der Waals surface area contributed by atoms with Gasteiger partial charge in [-0.15, -0.1) is 0 Å². The maximum absolute atomic E-state index is 11.7. The van der Waals surface area contributed by atoms with Gasteiger partial charge < -0.3 is 14.6 Å². The summed E-state index contributed by atoms with van der Waals surface area (Å²) in [5.41, 5.74) is -0.211. The lowest BCUT2D eigenvalue weighted by molar-refractivity contribution is 0.260. The van der Waals surface area contributed by atoms with Gasteiger partial charge in [-0.1, -0.05) is 0 Å². The molecule has 2 saturated heterocycles. The number of anilines is 1. The van der Waals surface area contributed by atoms with Crippen LogP contribution in [0.25, 0.3) is 0 Å². The smallest absolute Gasteiger partial charge is 0.295 e. The lowest BCUT2D eigenvalue weighted by Gasteiger charge is -2.24. The molecular formula is C13H20N4O2. The Labute approximate surface area is 112 Å². The number of aromatic nitrogens is 2. The summed E-state index contributed by atoms with van der Waals surface area (Å²) in [5, 5.41) is 0. The molecule has 0 spiro atoms. The minimum atomic E-state index is -0.211. The molecule has 3 heterocycles. The molecule has 0 bridgehead atoms. The first kappa shape index (κ1) is 12.5. The van der Waals surface area contributed by atoms with Gasteiger partial charge in [0.25, 0.3) is 5.56 Å². The van der Waals surface area contributed by atoms with Gasteiger partial charge in [0.05, 0.1) is 13.4 Å². The van der Waals surface area contributed by atoms with Crippen LogP contribution in [-0.2, 0) is 0 Å². The normalized spacial score (nSPS) is 24.1. The Balaban J connectivity index is 1.77. The van der Waals surface area contributed by atoms with Crippen molar-refractivity contribution in [3.05, 3.63) is 16.7 Å². The molecule has 6 nitrogen and oxygen atoms in total. The molecule has 1 unspecified atom stereocenters. The predicted octanol–water partition coefficient (Wildman–Crippen LogP) is 0.453. The van der Waals surface area contributed by atoms with Crippen molar-refractivity contribution in [2.45, 2.75) is 25.3 Å². The van der Waals surface area contributed by atoms with E-state index in [0.29, 0.717) is 17.6 Å². The summed E-state index contributed by atoms with van der Waals surface area (Å²) in [6.45, 7) is 4.29. The summed E-state index contributed by atoms with van der Waals surface area (Å²) in [6, 6.07) is 0.591. The van der Waals surface area contributed by atoms with Gasteiger partial charge in [-0.05, 0) is 32.4 Å². The molecule has 1 atom stereocenters. The number of methoxy groups -OCH3 is 1. The molecule has 0 saturated carbocycles. The lowest BCUT2D eigenvalue weighted by atomic mass is 10.2. The maximum atomic E-state index is 11.7. The second-order valence-electron chi connectivity index (χ2n) is 5.22. The highest BCUT2D eigenvalue weighted by Gasteiger charge is 2.31. The number of aromatic amines is 1. The zero-order valence-electron chi connectivity index (χ0n) is 11.3. The summed E-state index contributed by atoms with van der Waals surface area (Å²) in [6.07, 6.45) is 5.20. The second-order valence-corrected chi connectivity index (χ2v) is 5.22. The van der Waals surface area contributed by atoms with Crippen LogP contribution in [0, 0.1) is 0 Å². The molecule has 0 aromatic carbocycles. The molecule has 0 aliphatic carbocycles. The third-order valence-corrected chi connectivity index (χ3v) is 4.12. The van der Waals surface area contributed by atoms with E-state index in [1.54, 1.807) is 0 Å². The van der Waals surface area contributed by atoms with Crippen molar-refractivity contribution in [3.8, 4) is 5.75 Å². The van der Waals surface area contributed by atoms with E-state index in [1.165, 1.54) is 39.4 Å². The molecule has 0 radical (unpaired) electrons.